The van der Waals surface area contributed by atoms with Gasteiger partial charge in [-0.05, 0) is 70.1 Å². The lowest BCUT2D eigenvalue weighted by Crippen LogP contribution is -2.58. The van der Waals surface area contributed by atoms with Crippen molar-refractivity contribution in [2.45, 2.75) is 104 Å². The van der Waals surface area contributed by atoms with Crippen LogP contribution in [0.25, 0.3) is 0 Å². The molecule has 41 heavy (non-hydrogen) atoms. The number of aryl methyl sites for hydroxylation is 1. The van der Waals surface area contributed by atoms with Gasteiger partial charge in [0.15, 0.2) is 0 Å². The molecular weight excluding hydrogens is 520 g/mol. The number of phenols is 3. The van der Waals surface area contributed by atoms with Gasteiger partial charge in [0.25, 0.3) is 0 Å². The summed E-state index contributed by atoms with van der Waals surface area (Å²) >= 11 is 0. The van der Waals surface area contributed by atoms with Crippen LogP contribution in [0.2, 0.25) is 0 Å². The number of ketones is 1. The normalized spacial score (nSPS) is 30.1. The fraction of sp³-hybridized carbons (Fsp3) is 0.559. The molecule has 3 aliphatic rings. The molecule has 1 saturated heterocycles. The van der Waals surface area contributed by atoms with E-state index in [2.05, 4.69) is 13.8 Å². The first-order valence-electron chi connectivity index (χ1n) is 14.6. The first-order valence-corrected chi connectivity index (χ1v) is 14.6. The van der Waals surface area contributed by atoms with Gasteiger partial charge in [0.1, 0.15) is 34.5 Å². The summed E-state index contributed by atoms with van der Waals surface area (Å²) in [6.07, 6.45) is 6.52. The van der Waals surface area contributed by atoms with Crippen molar-refractivity contribution in [3.05, 3.63) is 52.6 Å². The van der Waals surface area contributed by atoms with Crippen LogP contribution >= 0.6 is 0 Å². The molecule has 5 rings (SSSR count). The summed E-state index contributed by atoms with van der Waals surface area (Å²) < 4.78 is 18.9. The molecule has 2 aromatic carbocycles. The number of phenolic OH excluding ortho intramolecular Hbond substituents is 3. The minimum Gasteiger partial charge on any atom is -0.508 e. The zero-order chi connectivity index (χ0) is 30.0. The fourth-order valence-electron chi connectivity index (χ4n) is 7.82. The van der Waals surface area contributed by atoms with Crippen LogP contribution < -0.4 is 9.47 Å². The molecule has 0 aromatic heterocycles. The number of fused-ring (bicyclic) bond motifs is 4. The highest BCUT2D eigenvalue weighted by Gasteiger charge is 2.70. The Bertz CT molecular complexity index is 1410. The molecule has 1 saturated carbocycles. The average molecular weight is 565 g/mol. The van der Waals surface area contributed by atoms with E-state index in [1.165, 1.54) is 6.07 Å². The number of carbonyl (C=O) groups is 1. The third-order valence-corrected chi connectivity index (χ3v) is 10.4. The Balaban J connectivity index is 1.37. The first-order chi connectivity index (χ1) is 19.1. The van der Waals surface area contributed by atoms with Gasteiger partial charge in [0, 0.05) is 53.9 Å². The first kappa shape index (κ1) is 29.3. The van der Waals surface area contributed by atoms with Crippen molar-refractivity contribution in [2.24, 2.45) is 10.8 Å². The van der Waals surface area contributed by atoms with Crippen LogP contribution in [-0.2, 0) is 16.0 Å². The third-order valence-electron chi connectivity index (χ3n) is 10.4. The lowest BCUT2D eigenvalue weighted by atomic mass is 9.59. The van der Waals surface area contributed by atoms with E-state index in [4.69, 9.17) is 14.2 Å². The summed E-state index contributed by atoms with van der Waals surface area (Å²) in [7, 11) is 1.61. The molecule has 2 aromatic rings. The molecular formula is C34H44O7. The van der Waals surface area contributed by atoms with E-state index >= 15 is 0 Å². The van der Waals surface area contributed by atoms with Gasteiger partial charge in [0.2, 0.25) is 5.79 Å². The smallest absolute Gasteiger partial charge is 0.217 e. The second kappa shape index (κ2) is 9.97. The minimum atomic E-state index is -0.980. The van der Waals surface area contributed by atoms with Crippen molar-refractivity contribution in [1.29, 1.82) is 0 Å². The molecule has 2 bridgehead atoms. The van der Waals surface area contributed by atoms with Crippen LogP contribution in [-0.4, -0.2) is 39.6 Å². The summed E-state index contributed by atoms with van der Waals surface area (Å²) in [5.74, 6) is 0.457. The maximum atomic E-state index is 13.6. The summed E-state index contributed by atoms with van der Waals surface area (Å²) in [4.78, 5) is 13.6. The Kier molecular flexibility index (Phi) is 7.13. The molecule has 1 aliphatic carbocycles. The number of Topliss-reactive ketones (excluding diaryl/α,β-unsaturated/α-hetero) is 1. The Morgan fingerprint density at radius 1 is 1.10 bits per heavy atom. The lowest BCUT2D eigenvalue weighted by molar-refractivity contribution is -0.279. The van der Waals surface area contributed by atoms with Crippen molar-refractivity contribution in [3.63, 3.8) is 0 Å². The minimum absolute atomic E-state index is 0.0198. The van der Waals surface area contributed by atoms with E-state index in [0.29, 0.717) is 42.7 Å². The van der Waals surface area contributed by atoms with E-state index in [1.54, 1.807) is 19.2 Å². The van der Waals surface area contributed by atoms with E-state index in [-0.39, 0.29) is 34.4 Å². The predicted molar refractivity (Wildman–Crippen MR) is 157 cm³/mol. The van der Waals surface area contributed by atoms with Gasteiger partial charge >= 0.3 is 0 Å². The van der Waals surface area contributed by atoms with E-state index < -0.39 is 16.8 Å². The zero-order valence-corrected chi connectivity index (χ0v) is 25.4. The highest BCUT2D eigenvalue weighted by Crippen LogP contribution is 2.70. The number of allylic oxidation sites excluding steroid dienone is 2. The van der Waals surface area contributed by atoms with Crippen LogP contribution in [0.1, 0.15) is 95.8 Å². The van der Waals surface area contributed by atoms with Crippen LogP contribution in [0.5, 0.6) is 28.7 Å². The number of methoxy groups -OCH3 is 1. The van der Waals surface area contributed by atoms with Gasteiger partial charge < -0.3 is 29.5 Å². The Morgan fingerprint density at radius 2 is 1.83 bits per heavy atom. The molecule has 2 aliphatic heterocycles. The van der Waals surface area contributed by atoms with E-state index in [1.807, 2.05) is 39.8 Å². The number of benzene rings is 2. The molecule has 2 heterocycles. The van der Waals surface area contributed by atoms with Crippen molar-refractivity contribution < 1.29 is 34.3 Å². The molecule has 7 nitrogen and oxygen atoms in total. The van der Waals surface area contributed by atoms with Crippen LogP contribution in [0.15, 0.2) is 35.9 Å². The molecule has 2 fully saturated rings. The van der Waals surface area contributed by atoms with Crippen molar-refractivity contribution in [2.75, 3.05) is 7.11 Å². The lowest BCUT2D eigenvalue weighted by Gasteiger charge is -2.53. The topological polar surface area (TPSA) is 105 Å². The summed E-state index contributed by atoms with van der Waals surface area (Å²) in [5.41, 5.74) is 1.73. The molecule has 7 heteroatoms. The predicted octanol–water partition coefficient (Wildman–Crippen LogP) is 7.23. The Hall–Kier alpha value is -3.19. The number of hydrogen-bond acceptors (Lipinski definition) is 7. The van der Waals surface area contributed by atoms with E-state index in [0.717, 1.165) is 36.0 Å². The monoisotopic (exact) mass is 564 g/mol. The van der Waals surface area contributed by atoms with Gasteiger partial charge in [-0.3, -0.25) is 4.79 Å². The molecule has 222 valence electrons. The number of hydrogen-bond donors (Lipinski definition) is 3. The summed E-state index contributed by atoms with van der Waals surface area (Å²) in [6, 6.07) is 6.55. The average Bonchev–Trinajstić information content (AvgIpc) is 3.29. The molecule has 0 amide bonds. The van der Waals surface area contributed by atoms with Gasteiger partial charge in [0.05, 0.1) is 12.7 Å². The standard InChI is InChI=1S/C34H44O7/c1-20(9-10-22-15-25(39-7)14-21(2)30(22)38)13-24(36)18-32(5)11-8-12-33(32,6)34-19-26(31(3,4)41-34)29-27(37)16-23(35)17-28(29)40-34/h9,14-17,26,35,37-38H,8,10-13,18-19H2,1-7H3/b20-9-/t26-,32-,33-,34-/m0/s1. The van der Waals surface area contributed by atoms with Crippen LogP contribution in [0, 0.1) is 17.8 Å². The van der Waals surface area contributed by atoms with Crippen molar-refractivity contribution in [1.82, 2.24) is 0 Å². The van der Waals surface area contributed by atoms with Gasteiger partial charge in [-0.1, -0.05) is 31.9 Å². The molecule has 4 atom stereocenters. The third kappa shape index (κ3) is 4.76. The van der Waals surface area contributed by atoms with Crippen molar-refractivity contribution >= 4 is 5.78 Å². The summed E-state index contributed by atoms with van der Waals surface area (Å²) in [6.45, 7) is 12.2. The van der Waals surface area contributed by atoms with Crippen molar-refractivity contribution in [3.8, 4) is 28.7 Å². The zero-order valence-electron chi connectivity index (χ0n) is 25.4. The maximum Gasteiger partial charge on any atom is 0.217 e. The second-order valence-electron chi connectivity index (χ2n) is 13.5. The molecule has 0 spiro atoms. The largest absolute Gasteiger partial charge is 0.508 e. The van der Waals surface area contributed by atoms with Gasteiger partial charge in [-0.15, -0.1) is 0 Å². The molecule has 3 N–H and O–H groups in total. The highest BCUT2D eigenvalue weighted by atomic mass is 16.7. The van der Waals surface area contributed by atoms with Crippen LogP contribution in [0.4, 0.5) is 0 Å². The summed E-state index contributed by atoms with van der Waals surface area (Å²) in [5, 5.41) is 31.4. The van der Waals surface area contributed by atoms with Crippen LogP contribution in [0.3, 0.4) is 0 Å². The molecule has 0 radical (unpaired) electrons. The van der Waals surface area contributed by atoms with Gasteiger partial charge in [-0.2, -0.15) is 0 Å². The molecule has 0 unspecified atom stereocenters. The maximum absolute atomic E-state index is 13.6. The Labute approximate surface area is 243 Å². The van der Waals surface area contributed by atoms with E-state index in [9.17, 15) is 20.1 Å². The quantitative estimate of drug-likeness (QED) is 0.291. The number of aromatic hydroxyl groups is 3. The second-order valence-corrected chi connectivity index (χ2v) is 13.5. The number of rotatable bonds is 8. The Morgan fingerprint density at radius 3 is 2.54 bits per heavy atom. The highest BCUT2D eigenvalue weighted by molar-refractivity contribution is 5.81. The SMILES string of the molecule is COc1cc(C)c(O)c(C/C=C(/C)CC(=O)C[C@]2(C)CCC[C@]2(C)[C@@]23C[C@@H](c4c(O)cc(O)cc4O2)C(C)(C)O3)c1. The number of ether oxygens (including phenoxy) is 3. The number of carbonyl (C=O) groups excluding carboxylic acids is 1. The fourth-order valence-corrected chi connectivity index (χ4v) is 7.82. The van der Waals surface area contributed by atoms with Gasteiger partial charge in [-0.25, -0.2) is 0 Å².